The smallest absolute Gasteiger partial charge is 0.338 e. The third-order valence-electron chi connectivity index (χ3n) is 6.20. The average Bonchev–Trinajstić information content (AvgIpc) is 3.51. The number of esters is 1. The van der Waals surface area contributed by atoms with Gasteiger partial charge in [0.05, 0.1) is 36.1 Å². The van der Waals surface area contributed by atoms with E-state index in [2.05, 4.69) is 16.5 Å². The van der Waals surface area contributed by atoms with E-state index in [-0.39, 0.29) is 22.6 Å². The molecule has 1 atom stereocenters. The molecule has 35 heavy (non-hydrogen) atoms. The monoisotopic (exact) mass is 483 g/mol. The maximum absolute atomic E-state index is 15.3. The largest absolute Gasteiger partial charge is 0.465 e. The summed E-state index contributed by atoms with van der Waals surface area (Å²) in [7, 11) is 1.21. The zero-order valence-electron chi connectivity index (χ0n) is 19.3. The standard InChI is InChI=1S/C25H24F3N5O2/c1-4-25(27,28)12-32-20(11-14-5-8-18(13(2)29)30-22(14)32)23-31-19-10-15(24(34)35-3)9-17(26)21(19)33(23)16-6-7-16/h4-5,8-11,13,16H,1,6-7,12,29H2,2-3H3. The number of aromatic nitrogens is 4. The second-order valence-corrected chi connectivity index (χ2v) is 8.87. The van der Waals surface area contributed by atoms with Crippen LogP contribution in [0, 0.1) is 5.82 Å². The number of rotatable bonds is 7. The van der Waals surface area contributed by atoms with Gasteiger partial charge in [-0.3, -0.25) is 0 Å². The molecule has 182 valence electrons. The van der Waals surface area contributed by atoms with Crippen molar-refractivity contribution in [2.75, 3.05) is 7.11 Å². The molecule has 0 spiro atoms. The lowest BCUT2D eigenvalue weighted by molar-refractivity contribution is 0.0379. The van der Waals surface area contributed by atoms with Crippen LogP contribution in [0.2, 0.25) is 0 Å². The number of hydrogen-bond acceptors (Lipinski definition) is 5. The molecule has 4 aromatic rings. The molecule has 5 rings (SSSR count). The Hall–Kier alpha value is -3.66. The van der Waals surface area contributed by atoms with E-state index in [1.807, 2.05) is 0 Å². The number of imidazole rings is 1. The van der Waals surface area contributed by atoms with Crippen LogP contribution in [0.3, 0.4) is 0 Å². The first-order chi connectivity index (χ1) is 16.6. The molecule has 2 N–H and O–H groups in total. The summed E-state index contributed by atoms with van der Waals surface area (Å²) in [5.41, 5.74) is 7.69. The first kappa shape index (κ1) is 23.1. The Bertz CT molecular complexity index is 1480. The molecule has 1 aromatic carbocycles. The predicted molar refractivity (Wildman–Crippen MR) is 126 cm³/mol. The Morgan fingerprint density at radius 2 is 2.06 bits per heavy atom. The average molecular weight is 483 g/mol. The molecule has 0 bridgehead atoms. The second kappa shape index (κ2) is 8.23. The quantitative estimate of drug-likeness (QED) is 0.290. The Morgan fingerprint density at radius 3 is 2.69 bits per heavy atom. The zero-order valence-corrected chi connectivity index (χ0v) is 19.3. The fraction of sp³-hybridized carbons (Fsp3) is 0.320. The molecule has 1 aliphatic rings. The third-order valence-corrected chi connectivity index (χ3v) is 6.20. The van der Waals surface area contributed by atoms with E-state index >= 15 is 4.39 Å². The lowest BCUT2D eigenvalue weighted by atomic mass is 10.2. The van der Waals surface area contributed by atoms with Crippen molar-refractivity contribution >= 4 is 28.0 Å². The molecule has 0 aliphatic heterocycles. The molecule has 3 heterocycles. The minimum absolute atomic E-state index is 0.0199. The number of alkyl halides is 2. The number of nitrogens with zero attached hydrogens (tertiary/aromatic N) is 4. The van der Waals surface area contributed by atoms with Crippen molar-refractivity contribution in [1.82, 2.24) is 19.1 Å². The van der Waals surface area contributed by atoms with E-state index in [9.17, 15) is 13.6 Å². The molecule has 1 unspecified atom stereocenters. The summed E-state index contributed by atoms with van der Waals surface area (Å²) >= 11 is 0. The molecular formula is C25H24F3N5O2. The van der Waals surface area contributed by atoms with Gasteiger partial charge in [0.25, 0.3) is 5.92 Å². The Morgan fingerprint density at radius 1 is 1.31 bits per heavy atom. The summed E-state index contributed by atoms with van der Waals surface area (Å²) in [4.78, 5) is 21.2. The maximum atomic E-state index is 15.3. The summed E-state index contributed by atoms with van der Waals surface area (Å²) in [5, 5.41) is 0.620. The lowest BCUT2D eigenvalue weighted by Crippen LogP contribution is -2.22. The number of fused-ring (bicyclic) bond motifs is 2. The van der Waals surface area contributed by atoms with E-state index in [0.29, 0.717) is 34.3 Å². The molecular weight excluding hydrogens is 459 g/mol. The van der Waals surface area contributed by atoms with Gasteiger partial charge in [0.1, 0.15) is 17.0 Å². The summed E-state index contributed by atoms with van der Waals surface area (Å²) in [6.07, 6.45) is 2.18. The minimum atomic E-state index is -3.23. The fourth-order valence-electron chi connectivity index (χ4n) is 4.30. The number of carbonyl (C=O) groups is 1. The van der Waals surface area contributed by atoms with Gasteiger partial charge in [-0.05, 0) is 56.2 Å². The van der Waals surface area contributed by atoms with Crippen molar-refractivity contribution in [2.45, 2.75) is 44.3 Å². The summed E-state index contributed by atoms with van der Waals surface area (Å²) < 4.78 is 52.3. The van der Waals surface area contributed by atoms with E-state index in [1.165, 1.54) is 17.7 Å². The third kappa shape index (κ3) is 3.97. The number of hydrogen-bond donors (Lipinski definition) is 1. The zero-order chi connectivity index (χ0) is 25.1. The molecule has 0 saturated heterocycles. The second-order valence-electron chi connectivity index (χ2n) is 8.87. The van der Waals surface area contributed by atoms with Crippen molar-refractivity contribution in [3.63, 3.8) is 0 Å². The topological polar surface area (TPSA) is 88.0 Å². The van der Waals surface area contributed by atoms with Gasteiger partial charge >= 0.3 is 5.97 Å². The fourth-order valence-corrected chi connectivity index (χ4v) is 4.30. The van der Waals surface area contributed by atoms with Crippen LogP contribution in [-0.4, -0.2) is 38.1 Å². The normalized spacial score (nSPS) is 15.0. The first-order valence-corrected chi connectivity index (χ1v) is 11.2. The van der Waals surface area contributed by atoms with Crippen LogP contribution in [0.5, 0.6) is 0 Å². The van der Waals surface area contributed by atoms with Gasteiger partial charge in [-0.15, -0.1) is 0 Å². The maximum Gasteiger partial charge on any atom is 0.338 e. The number of nitrogens with two attached hydrogens (primary N) is 1. The van der Waals surface area contributed by atoms with E-state index in [4.69, 9.17) is 10.5 Å². The van der Waals surface area contributed by atoms with Crippen molar-refractivity contribution in [3.8, 4) is 11.5 Å². The van der Waals surface area contributed by atoms with Gasteiger partial charge in [0.2, 0.25) is 0 Å². The van der Waals surface area contributed by atoms with Crippen LogP contribution in [0.4, 0.5) is 13.2 Å². The number of ether oxygens (including phenoxy) is 1. The van der Waals surface area contributed by atoms with Crippen molar-refractivity contribution in [2.24, 2.45) is 5.73 Å². The molecule has 1 saturated carbocycles. The number of methoxy groups -OCH3 is 1. The number of halogens is 3. The number of carbonyl (C=O) groups excluding carboxylic acids is 1. The van der Waals surface area contributed by atoms with Crippen LogP contribution >= 0.6 is 0 Å². The highest BCUT2D eigenvalue weighted by molar-refractivity contribution is 5.95. The van der Waals surface area contributed by atoms with Crippen LogP contribution < -0.4 is 5.73 Å². The highest BCUT2D eigenvalue weighted by atomic mass is 19.3. The SMILES string of the molecule is C=CC(F)(F)Cn1c(-c2nc3cc(C(=O)OC)cc(F)c3n2C2CC2)cc2ccc(C(C)N)nc21. The van der Waals surface area contributed by atoms with Gasteiger partial charge in [0.15, 0.2) is 5.82 Å². The van der Waals surface area contributed by atoms with Gasteiger partial charge in [0, 0.05) is 17.5 Å². The van der Waals surface area contributed by atoms with E-state index in [0.717, 1.165) is 18.9 Å². The van der Waals surface area contributed by atoms with Gasteiger partial charge in [-0.25, -0.2) is 27.9 Å². The number of allylic oxidation sites excluding steroid dienone is 1. The molecule has 1 fully saturated rings. The molecule has 1 aliphatic carbocycles. The van der Waals surface area contributed by atoms with Crippen LogP contribution in [-0.2, 0) is 11.3 Å². The minimum Gasteiger partial charge on any atom is -0.465 e. The number of benzene rings is 1. The molecule has 10 heteroatoms. The molecule has 3 aromatic heterocycles. The van der Waals surface area contributed by atoms with Crippen molar-refractivity contribution in [3.05, 3.63) is 60.1 Å². The van der Waals surface area contributed by atoms with Gasteiger partial charge in [-0.2, -0.15) is 0 Å². The highest BCUT2D eigenvalue weighted by Gasteiger charge is 2.34. The highest BCUT2D eigenvalue weighted by Crippen LogP contribution is 2.43. The molecule has 7 nitrogen and oxygen atoms in total. The van der Waals surface area contributed by atoms with Gasteiger partial charge in [-0.1, -0.05) is 6.58 Å². The first-order valence-electron chi connectivity index (χ1n) is 11.2. The Balaban J connectivity index is 1.81. The van der Waals surface area contributed by atoms with Crippen molar-refractivity contribution < 1.29 is 22.7 Å². The van der Waals surface area contributed by atoms with Crippen LogP contribution in [0.15, 0.2) is 43.0 Å². The van der Waals surface area contributed by atoms with E-state index in [1.54, 1.807) is 29.7 Å². The summed E-state index contributed by atoms with van der Waals surface area (Å²) in [5.74, 6) is -4.23. The Kier molecular flexibility index (Phi) is 5.43. The molecule has 0 radical (unpaired) electrons. The molecule has 0 amide bonds. The van der Waals surface area contributed by atoms with Crippen LogP contribution in [0.25, 0.3) is 33.6 Å². The Labute approximate surface area is 199 Å². The summed E-state index contributed by atoms with van der Waals surface area (Å²) in [6, 6.07) is 7.36. The number of pyridine rings is 1. The summed E-state index contributed by atoms with van der Waals surface area (Å²) in [6.45, 7) is 4.29. The van der Waals surface area contributed by atoms with Gasteiger partial charge < -0.3 is 19.6 Å². The predicted octanol–water partition coefficient (Wildman–Crippen LogP) is 5.15. The lowest BCUT2D eigenvalue weighted by Gasteiger charge is -2.17. The van der Waals surface area contributed by atoms with Crippen LogP contribution in [0.1, 0.15) is 47.9 Å². The van der Waals surface area contributed by atoms with E-state index < -0.39 is 30.3 Å². The van der Waals surface area contributed by atoms with Crippen molar-refractivity contribution in [1.29, 1.82) is 0 Å².